The third-order valence-corrected chi connectivity index (χ3v) is 5.73. The second-order valence-electron chi connectivity index (χ2n) is 6.94. The summed E-state index contributed by atoms with van der Waals surface area (Å²) in [4.78, 5) is 16.4. The van der Waals surface area contributed by atoms with Gasteiger partial charge in [0.25, 0.3) is 5.91 Å². The average molecular weight is 496 g/mol. The van der Waals surface area contributed by atoms with Gasteiger partial charge in [0, 0.05) is 29.4 Å². The molecule has 0 saturated carbocycles. The molecule has 0 aliphatic rings. The highest BCUT2D eigenvalue weighted by atomic mass is 35.5. The lowest BCUT2D eigenvalue weighted by Crippen LogP contribution is -2.30. The summed E-state index contributed by atoms with van der Waals surface area (Å²) in [5.41, 5.74) is 1.19. The van der Waals surface area contributed by atoms with Gasteiger partial charge in [0.1, 0.15) is 17.3 Å². The summed E-state index contributed by atoms with van der Waals surface area (Å²) in [5, 5.41) is 0.777. The largest absolute Gasteiger partial charge is 0.298 e. The van der Waals surface area contributed by atoms with Crippen LogP contribution in [0.15, 0.2) is 54.9 Å². The smallest absolute Gasteiger partial charge is 0.267 e. The summed E-state index contributed by atoms with van der Waals surface area (Å²) in [7, 11) is -3.88. The third kappa shape index (κ3) is 4.32. The van der Waals surface area contributed by atoms with Crippen LogP contribution in [0.1, 0.15) is 10.4 Å². The van der Waals surface area contributed by atoms with E-state index in [9.17, 15) is 22.0 Å². The average Bonchev–Trinajstić information content (AvgIpc) is 3.04. The number of hydrogen-bond donors (Lipinski definition) is 1. The van der Waals surface area contributed by atoms with Gasteiger partial charge in [-0.15, -0.1) is 0 Å². The van der Waals surface area contributed by atoms with E-state index in [4.69, 9.17) is 23.2 Å². The molecule has 0 atom stereocenters. The Hall–Kier alpha value is -3.01. The van der Waals surface area contributed by atoms with Gasteiger partial charge in [0.05, 0.1) is 27.6 Å². The number of fused-ring (bicyclic) bond motifs is 1. The molecule has 4 rings (SSSR count). The fourth-order valence-corrected chi connectivity index (χ4v) is 4.14. The molecule has 2 aromatic heterocycles. The standard InChI is InChI=1S/C21H13Cl2F2N3O3S/c1-32(30,31)27-21(29)15-7-16(22)19(8-18(15)25)28-10-17(23)14-6-12(9-26-20(14)28)11-3-2-4-13(24)5-11/h2-10H,1H3,(H,27,29). The van der Waals surface area contributed by atoms with Crippen molar-refractivity contribution in [2.24, 2.45) is 0 Å². The van der Waals surface area contributed by atoms with E-state index in [0.717, 1.165) is 18.4 Å². The van der Waals surface area contributed by atoms with Crippen molar-refractivity contribution in [3.8, 4) is 16.8 Å². The van der Waals surface area contributed by atoms with Crippen molar-refractivity contribution in [2.45, 2.75) is 0 Å². The number of nitrogens with zero attached hydrogens (tertiary/aromatic N) is 2. The van der Waals surface area contributed by atoms with Crippen LogP contribution in [0.4, 0.5) is 8.78 Å². The molecule has 0 unspecified atom stereocenters. The zero-order valence-corrected chi connectivity index (χ0v) is 18.6. The van der Waals surface area contributed by atoms with Crippen molar-refractivity contribution >= 4 is 50.2 Å². The van der Waals surface area contributed by atoms with Gasteiger partial charge in [0.2, 0.25) is 10.0 Å². The SMILES string of the molecule is CS(=O)(=O)NC(=O)c1cc(Cl)c(-n2cc(Cl)c3cc(-c4cccc(F)c4)cnc32)cc1F. The number of sulfonamides is 1. The van der Waals surface area contributed by atoms with E-state index in [1.165, 1.54) is 29.1 Å². The molecule has 11 heteroatoms. The first-order chi connectivity index (χ1) is 15.0. The second-order valence-corrected chi connectivity index (χ2v) is 9.50. The van der Waals surface area contributed by atoms with Gasteiger partial charge in [-0.05, 0) is 29.8 Å². The van der Waals surface area contributed by atoms with Crippen LogP contribution in [0.5, 0.6) is 0 Å². The Balaban J connectivity index is 1.80. The van der Waals surface area contributed by atoms with Crippen molar-refractivity contribution < 1.29 is 22.0 Å². The second kappa shape index (κ2) is 8.16. The maximum Gasteiger partial charge on any atom is 0.267 e. The topological polar surface area (TPSA) is 81.1 Å². The molecule has 0 spiro atoms. The number of carbonyl (C=O) groups is 1. The molecular formula is C21H13Cl2F2N3O3S. The van der Waals surface area contributed by atoms with Gasteiger partial charge in [0.15, 0.2) is 0 Å². The lowest BCUT2D eigenvalue weighted by atomic mass is 10.1. The molecule has 0 bridgehead atoms. The Morgan fingerprint density at radius 1 is 1.06 bits per heavy atom. The molecule has 1 amide bonds. The van der Waals surface area contributed by atoms with E-state index in [0.29, 0.717) is 27.2 Å². The molecule has 2 heterocycles. The Morgan fingerprint density at radius 3 is 2.50 bits per heavy atom. The lowest BCUT2D eigenvalue weighted by molar-refractivity contribution is 0.0978. The molecule has 1 N–H and O–H groups in total. The quantitative estimate of drug-likeness (QED) is 0.433. The third-order valence-electron chi connectivity index (χ3n) is 4.57. The first-order valence-electron chi connectivity index (χ1n) is 8.97. The van der Waals surface area contributed by atoms with Gasteiger partial charge < -0.3 is 0 Å². The van der Waals surface area contributed by atoms with E-state index < -0.39 is 33.1 Å². The van der Waals surface area contributed by atoms with Crippen LogP contribution < -0.4 is 4.72 Å². The first-order valence-corrected chi connectivity index (χ1v) is 11.6. The zero-order chi connectivity index (χ0) is 23.2. The van der Waals surface area contributed by atoms with Crippen LogP contribution in [0, 0.1) is 11.6 Å². The van der Waals surface area contributed by atoms with Crippen molar-refractivity contribution in [3.63, 3.8) is 0 Å². The predicted octanol–water partition coefficient (Wildman–Crippen LogP) is 4.97. The van der Waals surface area contributed by atoms with E-state index >= 15 is 0 Å². The van der Waals surface area contributed by atoms with Crippen LogP contribution in [-0.4, -0.2) is 30.1 Å². The van der Waals surface area contributed by atoms with Crippen molar-refractivity contribution in [1.29, 1.82) is 0 Å². The molecule has 6 nitrogen and oxygen atoms in total. The maximum atomic E-state index is 14.7. The predicted molar refractivity (Wildman–Crippen MR) is 119 cm³/mol. The zero-order valence-electron chi connectivity index (χ0n) is 16.2. The van der Waals surface area contributed by atoms with Crippen LogP contribution >= 0.6 is 23.2 Å². The number of benzene rings is 2. The number of carbonyl (C=O) groups excluding carboxylic acids is 1. The maximum absolute atomic E-state index is 14.7. The highest BCUT2D eigenvalue weighted by molar-refractivity contribution is 7.89. The summed E-state index contributed by atoms with van der Waals surface area (Å²) in [5.74, 6) is -2.53. The van der Waals surface area contributed by atoms with E-state index in [2.05, 4.69) is 4.98 Å². The Labute approximate surface area is 191 Å². The van der Waals surface area contributed by atoms with Gasteiger partial charge in [-0.1, -0.05) is 35.3 Å². The van der Waals surface area contributed by atoms with E-state index in [1.54, 1.807) is 22.9 Å². The van der Waals surface area contributed by atoms with E-state index in [1.807, 2.05) is 0 Å². The lowest BCUT2D eigenvalue weighted by Gasteiger charge is -2.11. The number of pyridine rings is 1. The minimum atomic E-state index is -3.88. The minimum absolute atomic E-state index is 0.0328. The fraction of sp³-hybridized carbons (Fsp3) is 0.0476. The van der Waals surface area contributed by atoms with Gasteiger partial charge >= 0.3 is 0 Å². The van der Waals surface area contributed by atoms with Crippen molar-refractivity contribution in [2.75, 3.05) is 6.26 Å². The van der Waals surface area contributed by atoms with Gasteiger partial charge in [-0.2, -0.15) is 0 Å². The number of hydrogen-bond acceptors (Lipinski definition) is 4. The fourth-order valence-electron chi connectivity index (χ4n) is 3.20. The summed E-state index contributed by atoms with van der Waals surface area (Å²) in [6.07, 6.45) is 3.77. The monoisotopic (exact) mass is 495 g/mol. The summed E-state index contributed by atoms with van der Waals surface area (Å²) in [6.45, 7) is 0. The normalized spacial score (nSPS) is 11.7. The Morgan fingerprint density at radius 2 is 1.81 bits per heavy atom. The molecular weight excluding hydrogens is 483 g/mol. The molecule has 164 valence electrons. The summed E-state index contributed by atoms with van der Waals surface area (Å²) in [6, 6.07) is 9.71. The van der Waals surface area contributed by atoms with Crippen LogP contribution in [-0.2, 0) is 10.0 Å². The van der Waals surface area contributed by atoms with Gasteiger partial charge in [-0.3, -0.25) is 9.36 Å². The molecule has 32 heavy (non-hydrogen) atoms. The molecule has 0 radical (unpaired) electrons. The van der Waals surface area contributed by atoms with Gasteiger partial charge in [-0.25, -0.2) is 26.9 Å². The van der Waals surface area contributed by atoms with Crippen LogP contribution in [0.25, 0.3) is 27.8 Å². The number of aromatic nitrogens is 2. The summed E-state index contributed by atoms with van der Waals surface area (Å²) >= 11 is 12.6. The molecule has 0 fully saturated rings. The summed E-state index contributed by atoms with van der Waals surface area (Å²) < 4.78 is 53.9. The Kier molecular flexibility index (Phi) is 5.66. The van der Waals surface area contributed by atoms with Crippen molar-refractivity contribution in [3.05, 3.63) is 82.1 Å². The molecule has 4 aromatic rings. The van der Waals surface area contributed by atoms with E-state index in [-0.39, 0.29) is 10.7 Å². The Bertz CT molecular complexity index is 1500. The highest BCUT2D eigenvalue weighted by Crippen LogP contribution is 2.34. The number of rotatable bonds is 4. The van der Waals surface area contributed by atoms with Crippen LogP contribution in [0.3, 0.4) is 0 Å². The minimum Gasteiger partial charge on any atom is -0.298 e. The first kappa shape index (κ1) is 22.2. The molecule has 0 saturated heterocycles. The number of halogens is 4. The highest BCUT2D eigenvalue weighted by Gasteiger charge is 2.20. The molecule has 0 aliphatic heterocycles. The molecule has 2 aromatic carbocycles. The van der Waals surface area contributed by atoms with Crippen molar-refractivity contribution in [1.82, 2.24) is 14.3 Å². The van der Waals surface area contributed by atoms with Crippen LogP contribution in [0.2, 0.25) is 10.0 Å². The number of nitrogens with one attached hydrogen (secondary N) is 1. The molecule has 0 aliphatic carbocycles. The number of amides is 1.